The molecule has 0 unspecified atom stereocenters. The smallest absolute Gasteiger partial charge is 0.362 e. The van der Waals surface area contributed by atoms with Crippen molar-refractivity contribution >= 4 is 17.0 Å². The van der Waals surface area contributed by atoms with Gasteiger partial charge in [-0.25, -0.2) is 9.78 Å². The van der Waals surface area contributed by atoms with Crippen LogP contribution in [-0.4, -0.2) is 45.7 Å². The van der Waals surface area contributed by atoms with Crippen molar-refractivity contribution in [2.24, 2.45) is 0 Å². The molecule has 2 fully saturated rings. The molecule has 0 spiro atoms. The van der Waals surface area contributed by atoms with E-state index in [0.717, 1.165) is 31.4 Å². The molecule has 1 aromatic heterocycles. The SMILES string of the molecule is CCCC1(N2CCC(n3c(=O)c(C(=O)OCC)nc4ccccc43)CC2)CCCCCCC1. The molecular formula is C27H39N3O3. The summed E-state index contributed by atoms with van der Waals surface area (Å²) in [5.41, 5.74) is 1.38. The lowest BCUT2D eigenvalue weighted by molar-refractivity contribution is 0.0229. The topological polar surface area (TPSA) is 64.4 Å². The minimum Gasteiger partial charge on any atom is -0.461 e. The number of hydrogen-bond acceptors (Lipinski definition) is 5. The second-order valence-electron chi connectivity index (χ2n) is 9.81. The zero-order valence-corrected chi connectivity index (χ0v) is 20.4. The van der Waals surface area contributed by atoms with E-state index < -0.39 is 5.97 Å². The molecular weight excluding hydrogens is 414 g/mol. The molecule has 2 aliphatic rings. The Morgan fingerprint density at radius 3 is 2.39 bits per heavy atom. The zero-order chi connectivity index (χ0) is 23.3. The predicted octanol–water partition coefficient (Wildman–Crippen LogP) is 5.49. The first-order valence-corrected chi connectivity index (χ1v) is 13.0. The average molecular weight is 454 g/mol. The number of benzene rings is 1. The molecule has 1 aliphatic heterocycles. The van der Waals surface area contributed by atoms with Gasteiger partial charge < -0.3 is 9.30 Å². The largest absolute Gasteiger partial charge is 0.461 e. The molecule has 33 heavy (non-hydrogen) atoms. The maximum Gasteiger partial charge on any atom is 0.362 e. The van der Waals surface area contributed by atoms with Crippen molar-refractivity contribution in [3.8, 4) is 0 Å². The number of nitrogens with zero attached hydrogens (tertiary/aromatic N) is 3. The predicted molar refractivity (Wildman–Crippen MR) is 132 cm³/mol. The molecule has 0 bridgehead atoms. The Morgan fingerprint density at radius 2 is 1.73 bits per heavy atom. The van der Waals surface area contributed by atoms with Crippen LogP contribution in [0, 0.1) is 0 Å². The van der Waals surface area contributed by atoms with Crippen molar-refractivity contribution < 1.29 is 9.53 Å². The lowest BCUT2D eigenvalue weighted by atomic mass is 9.78. The summed E-state index contributed by atoms with van der Waals surface area (Å²) in [6.07, 6.45) is 13.7. The standard InChI is InChI=1S/C27H39N3O3/c1-3-16-27(17-10-6-5-7-11-18-27)29-19-14-21(15-20-29)30-23-13-9-8-12-22(23)28-24(25(30)31)26(32)33-4-2/h8-9,12-13,21H,3-7,10-11,14-20H2,1-2H3. The minimum absolute atomic E-state index is 0.0714. The van der Waals surface area contributed by atoms with Crippen molar-refractivity contribution in [3.05, 3.63) is 40.3 Å². The summed E-state index contributed by atoms with van der Waals surface area (Å²) in [6.45, 7) is 6.29. The van der Waals surface area contributed by atoms with Crippen molar-refractivity contribution in [2.45, 2.75) is 96.1 Å². The number of rotatable bonds is 6. The number of hydrogen-bond donors (Lipinski definition) is 0. The third kappa shape index (κ3) is 5.01. The normalized spacial score (nSPS) is 20.3. The van der Waals surface area contributed by atoms with Crippen LogP contribution in [0.2, 0.25) is 0 Å². The van der Waals surface area contributed by atoms with Crippen LogP contribution >= 0.6 is 0 Å². The van der Waals surface area contributed by atoms with Gasteiger partial charge in [-0.15, -0.1) is 0 Å². The molecule has 1 saturated heterocycles. The van der Waals surface area contributed by atoms with Crippen molar-refractivity contribution in [1.29, 1.82) is 0 Å². The number of esters is 1. The van der Waals surface area contributed by atoms with E-state index in [0.29, 0.717) is 11.1 Å². The van der Waals surface area contributed by atoms with Crippen molar-refractivity contribution in [3.63, 3.8) is 0 Å². The first-order chi connectivity index (χ1) is 16.1. The summed E-state index contributed by atoms with van der Waals surface area (Å²) in [6, 6.07) is 7.71. The van der Waals surface area contributed by atoms with Crippen LogP contribution in [0.5, 0.6) is 0 Å². The number of carbonyl (C=O) groups is 1. The lowest BCUT2D eigenvalue weighted by Gasteiger charge is -2.49. The van der Waals surface area contributed by atoms with Crippen LogP contribution in [-0.2, 0) is 4.74 Å². The fourth-order valence-electron chi connectivity index (χ4n) is 6.20. The number of carbonyl (C=O) groups excluding carboxylic acids is 1. The highest BCUT2D eigenvalue weighted by Crippen LogP contribution is 2.39. The molecule has 0 atom stereocenters. The highest BCUT2D eigenvalue weighted by atomic mass is 16.5. The van der Waals surface area contributed by atoms with Gasteiger partial charge in [0.05, 0.1) is 17.6 Å². The summed E-state index contributed by atoms with van der Waals surface area (Å²) < 4.78 is 6.97. The summed E-state index contributed by atoms with van der Waals surface area (Å²) >= 11 is 0. The van der Waals surface area contributed by atoms with Crippen LogP contribution < -0.4 is 5.56 Å². The molecule has 6 heteroatoms. The van der Waals surface area contributed by atoms with Gasteiger partial charge in [0.1, 0.15) is 0 Å². The van der Waals surface area contributed by atoms with E-state index in [1.165, 1.54) is 57.8 Å². The van der Waals surface area contributed by atoms with Gasteiger partial charge in [0, 0.05) is 24.7 Å². The van der Waals surface area contributed by atoms with Crippen LogP contribution in [0.1, 0.15) is 101 Å². The second-order valence-corrected chi connectivity index (χ2v) is 9.81. The molecule has 0 N–H and O–H groups in total. The Morgan fingerprint density at radius 1 is 1.06 bits per heavy atom. The zero-order valence-electron chi connectivity index (χ0n) is 20.4. The Balaban J connectivity index is 1.62. The molecule has 0 radical (unpaired) electrons. The van der Waals surface area contributed by atoms with Gasteiger partial charge in [-0.3, -0.25) is 9.69 Å². The summed E-state index contributed by atoms with van der Waals surface area (Å²) in [5.74, 6) is -0.629. The van der Waals surface area contributed by atoms with E-state index >= 15 is 0 Å². The quantitative estimate of drug-likeness (QED) is 0.541. The van der Waals surface area contributed by atoms with Gasteiger partial charge in [-0.2, -0.15) is 0 Å². The van der Waals surface area contributed by atoms with Crippen LogP contribution in [0.15, 0.2) is 29.1 Å². The number of fused-ring (bicyclic) bond motifs is 1. The molecule has 1 saturated carbocycles. The molecule has 1 aliphatic carbocycles. The van der Waals surface area contributed by atoms with Gasteiger partial charge >= 0.3 is 5.97 Å². The minimum atomic E-state index is -0.629. The number of aromatic nitrogens is 2. The summed E-state index contributed by atoms with van der Waals surface area (Å²) in [5, 5.41) is 0. The second kappa shape index (κ2) is 10.8. The maximum absolute atomic E-state index is 13.4. The van der Waals surface area contributed by atoms with E-state index in [9.17, 15) is 9.59 Å². The van der Waals surface area contributed by atoms with E-state index in [4.69, 9.17) is 4.74 Å². The third-order valence-corrected chi connectivity index (χ3v) is 7.76. The van der Waals surface area contributed by atoms with Crippen LogP contribution in [0.3, 0.4) is 0 Å². The van der Waals surface area contributed by atoms with E-state index in [1.54, 1.807) is 6.92 Å². The van der Waals surface area contributed by atoms with E-state index in [2.05, 4.69) is 16.8 Å². The Hall–Kier alpha value is -2.21. The molecule has 4 rings (SSSR count). The first kappa shape index (κ1) is 23.9. The number of para-hydroxylation sites is 2. The number of piperidine rings is 1. The van der Waals surface area contributed by atoms with Crippen LogP contribution in [0.25, 0.3) is 11.0 Å². The molecule has 0 amide bonds. The number of ether oxygens (including phenoxy) is 1. The monoisotopic (exact) mass is 453 g/mol. The van der Waals surface area contributed by atoms with E-state index in [-0.39, 0.29) is 23.9 Å². The van der Waals surface area contributed by atoms with Crippen molar-refractivity contribution in [2.75, 3.05) is 19.7 Å². The van der Waals surface area contributed by atoms with Crippen LogP contribution in [0.4, 0.5) is 0 Å². The highest BCUT2D eigenvalue weighted by molar-refractivity contribution is 5.89. The fraction of sp³-hybridized carbons (Fsp3) is 0.667. The maximum atomic E-state index is 13.4. The van der Waals surface area contributed by atoms with E-state index in [1.807, 2.05) is 28.8 Å². The van der Waals surface area contributed by atoms with Crippen molar-refractivity contribution in [1.82, 2.24) is 14.5 Å². The van der Waals surface area contributed by atoms with Gasteiger partial charge in [-0.05, 0) is 51.2 Å². The highest BCUT2D eigenvalue weighted by Gasteiger charge is 2.38. The molecule has 180 valence electrons. The van der Waals surface area contributed by atoms with Gasteiger partial charge in [0.25, 0.3) is 5.56 Å². The average Bonchev–Trinajstić information content (AvgIpc) is 2.81. The Kier molecular flexibility index (Phi) is 7.84. The first-order valence-electron chi connectivity index (χ1n) is 13.0. The third-order valence-electron chi connectivity index (χ3n) is 7.76. The molecule has 6 nitrogen and oxygen atoms in total. The van der Waals surface area contributed by atoms with Gasteiger partial charge in [-0.1, -0.05) is 57.6 Å². The summed E-state index contributed by atoms with van der Waals surface area (Å²) in [4.78, 5) is 33.0. The van der Waals surface area contributed by atoms with Gasteiger partial charge in [0.15, 0.2) is 0 Å². The summed E-state index contributed by atoms with van der Waals surface area (Å²) in [7, 11) is 0. The Bertz CT molecular complexity index is 999. The molecule has 1 aromatic carbocycles. The molecule has 2 aromatic rings. The fourth-order valence-corrected chi connectivity index (χ4v) is 6.20. The Labute approximate surface area is 197 Å². The number of likely N-dealkylation sites (tertiary alicyclic amines) is 1. The molecule has 2 heterocycles. The lowest BCUT2D eigenvalue weighted by Crippen LogP contribution is -2.53. The van der Waals surface area contributed by atoms with Gasteiger partial charge in [0.2, 0.25) is 5.69 Å².